The molecule has 1 fully saturated rings. The van der Waals surface area contributed by atoms with E-state index in [4.69, 9.17) is 0 Å². The van der Waals surface area contributed by atoms with E-state index < -0.39 is 5.92 Å². The lowest BCUT2D eigenvalue weighted by molar-refractivity contribution is -0.0661. The highest BCUT2D eigenvalue weighted by atomic mass is 19.3. The number of hydrogen-bond acceptors (Lipinski definition) is 4. The Hall–Kier alpha value is -2.80. The Kier molecular flexibility index (Phi) is 6.76. The number of piperidine rings is 1. The molecule has 1 aromatic carbocycles. The van der Waals surface area contributed by atoms with Crippen LogP contribution in [-0.4, -0.2) is 33.5 Å². The second kappa shape index (κ2) is 9.45. The zero-order chi connectivity index (χ0) is 24.5. The van der Waals surface area contributed by atoms with Gasteiger partial charge < -0.3 is 9.88 Å². The summed E-state index contributed by atoms with van der Waals surface area (Å²) in [6, 6.07) is 13.4. The quantitative estimate of drug-likeness (QED) is 0.493. The number of likely N-dealkylation sites (tertiary alicyclic amines) is 1. The predicted molar refractivity (Wildman–Crippen MR) is 133 cm³/mol. The van der Waals surface area contributed by atoms with Crippen molar-refractivity contribution in [3.63, 3.8) is 0 Å². The minimum absolute atomic E-state index is 0.00943. The highest BCUT2D eigenvalue weighted by molar-refractivity contribution is 5.80. The SMILES string of the molecule is C[C@H](Nc1cc2c(ccc(=O)n2CC(C)(C)C)cn1)c1ccc(CN2CCCC(F)(F)C2)cc1. The first-order valence-corrected chi connectivity index (χ1v) is 11.9. The molecule has 7 heteroatoms. The molecule has 3 aromatic rings. The van der Waals surface area contributed by atoms with Crippen molar-refractivity contribution in [2.75, 3.05) is 18.4 Å². The van der Waals surface area contributed by atoms with Crippen molar-refractivity contribution in [2.45, 2.75) is 65.6 Å². The summed E-state index contributed by atoms with van der Waals surface area (Å²) in [6.07, 6.45) is 2.32. The molecule has 0 unspecified atom stereocenters. The maximum absolute atomic E-state index is 13.7. The van der Waals surface area contributed by atoms with Crippen LogP contribution in [0.15, 0.2) is 53.5 Å². The highest BCUT2D eigenvalue weighted by Gasteiger charge is 2.34. The second-order valence-electron chi connectivity index (χ2n) is 10.7. The number of pyridine rings is 2. The molecule has 0 bridgehead atoms. The van der Waals surface area contributed by atoms with Crippen LogP contribution in [0.4, 0.5) is 14.6 Å². The van der Waals surface area contributed by atoms with Gasteiger partial charge in [0.15, 0.2) is 0 Å². The van der Waals surface area contributed by atoms with Gasteiger partial charge in [0, 0.05) is 49.3 Å². The summed E-state index contributed by atoms with van der Waals surface area (Å²) in [5.41, 5.74) is 2.92. The first-order valence-electron chi connectivity index (χ1n) is 11.9. The van der Waals surface area contributed by atoms with E-state index in [1.165, 1.54) is 0 Å². The number of fused-ring (bicyclic) bond motifs is 1. The average Bonchev–Trinajstić information content (AvgIpc) is 2.75. The van der Waals surface area contributed by atoms with Crippen molar-refractivity contribution < 1.29 is 8.78 Å². The molecule has 1 atom stereocenters. The van der Waals surface area contributed by atoms with Crippen LogP contribution < -0.4 is 10.9 Å². The molecule has 1 saturated heterocycles. The van der Waals surface area contributed by atoms with E-state index in [2.05, 4.69) is 38.0 Å². The summed E-state index contributed by atoms with van der Waals surface area (Å²) in [6.45, 7) is 10.1. The number of anilines is 1. The van der Waals surface area contributed by atoms with E-state index in [0.29, 0.717) is 31.9 Å². The summed E-state index contributed by atoms with van der Waals surface area (Å²) in [7, 11) is 0. The maximum atomic E-state index is 13.7. The van der Waals surface area contributed by atoms with Gasteiger partial charge in [-0.1, -0.05) is 45.0 Å². The number of alkyl halides is 2. The van der Waals surface area contributed by atoms with Gasteiger partial charge in [0.05, 0.1) is 12.1 Å². The molecular formula is C27H34F2N4O. The summed E-state index contributed by atoms with van der Waals surface area (Å²) in [5, 5.41) is 4.36. The Morgan fingerprint density at radius 3 is 2.56 bits per heavy atom. The van der Waals surface area contributed by atoms with Crippen molar-refractivity contribution in [1.82, 2.24) is 14.5 Å². The topological polar surface area (TPSA) is 50.2 Å². The fourth-order valence-electron chi connectivity index (χ4n) is 4.56. The first kappa shape index (κ1) is 24.3. The molecule has 3 heterocycles. The third-order valence-electron chi connectivity index (χ3n) is 6.23. The number of halogens is 2. The number of nitrogens with one attached hydrogen (secondary N) is 1. The maximum Gasteiger partial charge on any atom is 0.260 e. The zero-order valence-corrected chi connectivity index (χ0v) is 20.4. The molecule has 0 amide bonds. The van der Waals surface area contributed by atoms with E-state index in [0.717, 1.165) is 22.0 Å². The van der Waals surface area contributed by atoms with Crippen LogP contribution >= 0.6 is 0 Å². The minimum atomic E-state index is -2.58. The van der Waals surface area contributed by atoms with Crippen LogP contribution in [0.3, 0.4) is 0 Å². The average molecular weight is 469 g/mol. The summed E-state index contributed by atoms with van der Waals surface area (Å²) < 4.78 is 29.2. The van der Waals surface area contributed by atoms with E-state index in [1.807, 2.05) is 45.9 Å². The standard InChI is InChI=1S/C27H34F2N4O/c1-19(21-8-6-20(7-9-21)16-32-13-5-12-27(28,29)18-32)31-24-14-23-22(15-30-24)10-11-25(34)33(23)17-26(2,3)4/h6-11,14-15,19H,5,12-13,16-18H2,1-4H3,(H,30,31)/t19-/m0/s1. The molecule has 2 aromatic heterocycles. The molecule has 1 aliphatic rings. The molecule has 0 radical (unpaired) electrons. The van der Waals surface area contributed by atoms with Crippen LogP contribution in [0.5, 0.6) is 0 Å². The van der Waals surface area contributed by atoms with E-state index >= 15 is 0 Å². The van der Waals surface area contributed by atoms with Gasteiger partial charge >= 0.3 is 0 Å². The van der Waals surface area contributed by atoms with Crippen LogP contribution in [0, 0.1) is 5.41 Å². The van der Waals surface area contributed by atoms with Gasteiger partial charge in [-0.3, -0.25) is 9.69 Å². The van der Waals surface area contributed by atoms with E-state index in [9.17, 15) is 13.6 Å². The number of rotatable bonds is 6. The smallest absolute Gasteiger partial charge is 0.260 e. The monoisotopic (exact) mass is 468 g/mol. The summed E-state index contributed by atoms with van der Waals surface area (Å²) in [5.74, 6) is -1.88. The highest BCUT2D eigenvalue weighted by Crippen LogP contribution is 2.28. The molecule has 5 nitrogen and oxygen atoms in total. The van der Waals surface area contributed by atoms with Gasteiger partial charge in [-0.15, -0.1) is 0 Å². The molecular weight excluding hydrogens is 434 g/mol. The van der Waals surface area contributed by atoms with Gasteiger partial charge in [0.1, 0.15) is 5.82 Å². The van der Waals surface area contributed by atoms with Crippen LogP contribution in [0.1, 0.15) is 57.7 Å². The second-order valence-corrected chi connectivity index (χ2v) is 10.7. The van der Waals surface area contributed by atoms with E-state index in [1.54, 1.807) is 12.3 Å². The largest absolute Gasteiger partial charge is 0.363 e. The molecule has 0 aliphatic carbocycles. The Morgan fingerprint density at radius 1 is 1.15 bits per heavy atom. The number of aromatic nitrogens is 2. The minimum Gasteiger partial charge on any atom is -0.363 e. The van der Waals surface area contributed by atoms with Crippen LogP contribution in [-0.2, 0) is 13.1 Å². The van der Waals surface area contributed by atoms with Crippen LogP contribution in [0.2, 0.25) is 0 Å². The van der Waals surface area contributed by atoms with Crippen molar-refractivity contribution in [3.05, 3.63) is 70.1 Å². The lowest BCUT2D eigenvalue weighted by Gasteiger charge is -2.32. The van der Waals surface area contributed by atoms with Crippen molar-refractivity contribution in [2.24, 2.45) is 5.41 Å². The molecule has 1 aliphatic heterocycles. The van der Waals surface area contributed by atoms with Crippen molar-refractivity contribution in [3.8, 4) is 0 Å². The number of nitrogens with zero attached hydrogens (tertiary/aromatic N) is 3. The molecule has 1 N–H and O–H groups in total. The zero-order valence-electron chi connectivity index (χ0n) is 20.4. The Balaban J connectivity index is 1.48. The predicted octanol–water partition coefficient (Wildman–Crippen LogP) is 5.85. The molecule has 4 rings (SSSR count). The normalized spacial score (nSPS) is 17.6. The van der Waals surface area contributed by atoms with E-state index in [-0.39, 0.29) is 30.0 Å². The molecule has 34 heavy (non-hydrogen) atoms. The Morgan fingerprint density at radius 2 is 1.88 bits per heavy atom. The summed E-state index contributed by atoms with van der Waals surface area (Å²) >= 11 is 0. The molecule has 0 saturated carbocycles. The lowest BCUT2D eigenvalue weighted by Crippen LogP contribution is -2.41. The lowest BCUT2D eigenvalue weighted by atomic mass is 9.96. The fraction of sp³-hybridized carbons (Fsp3) is 0.481. The molecule has 182 valence electrons. The van der Waals surface area contributed by atoms with Crippen molar-refractivity contribution in [1.29, 1.82) is 0 Å². The van der Waals surface area contributed by atoms with Gasteiger partial charge in [-0.2, -0.15) is 0 Å². The van der Waals surface area contributed by atoms with Crippen LogP contribution in [0.25, 0.3) is 10.9 Å². The number of benzene rings is 1. The van der Waals surface area contributed by atoms with Crippen molar-refractivity contribution >= 4 is 16.7 Å². The van der Waals surface area contributed by atoms with Gasteiger partial charge in [-0.05, 0) is 42.5 Å². The number of hydrogen-bond donors (Lipinski definition) is 1. The van der Waals surface area contributed by atoms with Gasteiger partial charge in [-0.25, -0.2) is 13.8 Å². The first-order chi connectivity index (χ1) is 16.0. The van der Waals surface area contributed by atoms with Gasteiger partial charge in [0.2, 0.25) is 0 Å². The molecule has 0 spiro atoms. The Bertz CT molecular complexity index is 1200. The third-order valence-corrected chi connectivity index (χ3v) is 6.23. The summed E-state index contributed by atoms with van der Waals surface area (Å²) in [4.78, 5) is 18.9. The van der Waals surface area contributed by atoms with Gasteiger partial charge in [0.25, 0.3) is 11.5 Å². The third kappa shape index (κ3) is 6.00. The Labute approximate surface area is 199 Å². The fourth-order valence-corrected chi connectivity index (χ4v) is 4.56.